The summed E-state index contributed by atoms with van der Waals surface area (Å²) in [5, 5.41) is 0. The van der Waals surface area contributed by atoms with Crippen LogP contribution in [0.2, 0.25) is 50.4 Å². The monoisotopic (exact) mass is 238 g/mol. The SMILES string of the molecule is CC1=C[C@H]([Si](C)(C)C)C=C[C@H]1[Si](C)(C)C. The van der Waals surface area contributed by atoms with E-state index in [4.69, 9.17) is 0 Å². The van der Waals surface area contributed by atoms with Crippen molar-refractivity contribution in [1.82, 2.24) is 0 Å². The molecule has 1 aliphatic rings. The normalized spacial score (nSPS) is 27.8. The second-order valence-electron chi connectivity index (χ2n) is 7.03. The highest BCUT2D eigenvalue weighted by Gasteiger charge is 2.31. The lowest BCUT2D eigenvalue weighted by molar-refractivity contribution is 1.04. The first-order valence-electron chi connectivity index (χ1n) is 5.99. The smallest absolute Gasteiger partial charge is 0.0561 e. The Bertz CT molecular complexity index is 287. The van der Waals surface area contributed by atoms with Gasteiger partial charge in [0.15, 0.2) is 0 Å². The Morgan fingerprint density at radius 1 is 0.867 bits per heavy atom. The molecule has 0 nitrogen and oxygen atoms in total. The fourth-order valence-corrected chi connectivity index (χ4v) is 5.94. The zero-order chi connectivity index (χ0) is 11.9. The van der Waals surface area contributed by atoms with Crippen LogP contribution in [0.5, 0.6) is 0 Å². The van der Waals surface area contributed by atoms with E-state index in [1.807, 2.05) is 0 Å². The van der Waals surface area contributed by atoms with Gasteiger partial charge in [-0.2, -0.15) is 0 Å². The lowest BCUT2D eigenvalue weighted by atomic mass is 10.1. The Balaban J connectivity index is 2.90. The molecule has 0 unspecified atom stereocenters. The largest absolute Gasteiger partial charge is 0.0840 e. The van der Waals surface area contributed by atoms with Crippen molar-refractivity contribution in [3.63, 3.8) is 0 Å². The average Bonchev–Trinajstić information content (AvgIpc) is 1.99. The van der Waals surface area contributed by atoms with Crippen LogP contribution < -0.4 is 0 Å². The van der Waals surface area contributed by atoms with Crippen molar-refractivity contribution in [3.8, 4) is 0 Å². The van der Waals surface area contributed by atoms with Gasteiger partial charge in [-0.05, 0) is 18.0 Å². The molecule has 86 valence electrons. The molecule has 0 saturated carbocycles. The van der Waals surface area contributed by atoms with E-state index in [0.717, 1.165) is 11.1 Å². The van der Waals surface area contributed by atoms with E-state index in [-0.39, 0.29) is 0 Å². The van der Waals surface area contributed by atoms with E-state index < -0.39 is 16.1 Å². The Labute approximate surface area is 97.5 Å². The first-order chi connectivity index (χ1) is 6.62. The van der Waals surface area contributed by atoms with Crippen LogP contribution in [-0.4, -0.2) is 16.1 Å². The highest BCUT2D eigenvalue weighted by Crippen LogP contribution is 2.39. The highest BCUT2D eigenvalue weighted by molar-refractivity contribution is 6.79. The van der Waals surface area contributed by atoms with Gasteiger partial charge in [0.2, 0.25) is 0 Å². The lowest BCUT2D eigenvalue weighted by Crippen LogP contribution is -2.32. The highest BCUT2D eigenvalue weighted by atomic mass is 28.3. The Kier molecular flexibility index (Phi) is 3.51. The van der Waals surface area contributed by atoms with E-state index in [9.17, 15) is 0 Å². The predicted octanol–water partition coefficient (Wildman–Crippen LogP) is 4.92. The molecule has 0 amide bonds. The van der Waals surface area contributed by atoms with E-state index >= 15 is 0 Å². The average molecular weight is 239 g/mol. The molecule has 2 atom stereocenters. The Morgan fingerprint density at radius 3 is 1.73 bits per heavy atom. The quantitative estimate of drug-likeness (QED) is 0.473. The van der Waals surface area contributed by atoms with Crippen molar-refractivity contribution in [3.05, 3.63) is 23.8 Å². The van der Waals surface area contributed by atoms with Gasteiger partial charge in [-0.1, -0.05) is 63.1 Å². The molecule has 0 N–H and O–H groups in total. The maximum atomic E-state index is 2.55. The maximum absolute atomic E-state index is 2.55. The Hall–Kier alpha value is -0.0862. The summed E-state index contributed by atoms with van der Waals surface area (Å²) in [5.41, 5.74) is 3.15. The summed E-state index contributed by atoms with van der Waals surface area (Å²) in [6.45, 7) is 17.1. The molecule has 0 aromatic rings. The van der Waals surface area contributed by atoms with Gasteiger partial charge in [-0.25, -0.2) is 0 Å². The molecule has 15 heavy (non-hydrogen) atoms. The summed E-state index contributed by atoms with van der Waals surface area (Å²) in [4.78, 5) is 0. The number of hydrogen-bond donors (Lipinski definition) is 0. The van der Waals surface area contributed by atoms with Crippen molar-refractivity contribution in [1.29, 1.82) is 0 Å². The summed E-state index contributed by atoms with van der Waals surface area (Å²) in [6.07, 6.45) is 7.54. The number of rotatable bonds is 2. The van der Waals surface area contributed by atoms with Crippen LogP contribution >= 0.6 is 0 Å². The van der Waals surface area contributed by atoms with Crippen molar-refractivity contribution in [2.45, 2.75) is 57.3 Å². The van der Waals surface area contributed by atoms with E-state index in [1.165, 1.54) is 0 Å². The third-order valence-corrected chi connectivity index (χ3v) is 8.25. The summed E-state index contributed by atoms with van der Waals surface area (Å²) in [7, 11) is -2.08. The molecule has 1 rings (SSSR count). The lowest BCUT2D eigenvalue weighted by Gasteiger charge is -2.34. The number of allylic oxidation sites excluding steroid dienone is 4. The molecule has 0 spiro atoms. The van der Waals surface area contributed by atoms with Crippen molar-refractivity contribution >= 4 is 16.1 Å². The van der Waals surface area contributed by atoms with Gasteiger partial charge in [0, 0.05) is 0 Å². The summed E-state index contributed by atoms with van der Waals surface area (Å²) in [6, 6.07) is 0. The first-order valence-corrected chi connectivity index (χ1v) is 13.1. The van der Waals surface area contributed by atoms with Gasteiger partial charge in [0.05, 0.1) is 16.1 Å². The third kappa shape index (κ3) is 3.18. The van der Waals surface area contributed by atoms with Crippen LogP contribution in [0.1, 0.15) is 6.92 Å². The van der Waals surface area contributed by atoms with Crippen LogP contribution in [-0.2, 0) is 0 Å². The van der Waals surface area contributed by atoms with Gasteiger partial charge in [-0.15, -0.1) is 0 Å². The minimum atomic E-state index is -1.05. The van der Waals surface area contributed by atoms with Crippen LogP contribution in [0.3, 0.4) is 0 Å². The van der Waals surface area contributed by atoms with Gasteiger partial charge in [0.25, 0.3) is 0 Å². The molecule has 0 bridgehead atoms. The zero-order valence-corrected chi connectivity index (χ0v) is 13.4. The third-order valence-electron chi connectivity index (χ3n) is 3.38. The molecule has 0 aromatic heterocycles. The molecule has 1 aliphatic carbocycles. The number of hydrogen-bond acceptors (Lipinski definition) is 0. The van der Waals surface area contributed by atoms with E-state index in [0.29, 0.717) is 0 Å². The van der Waals surface area contributed by atoms with Crippen LogP contribution in [0.4, 0.5) is 0 Å². The van der Waals surface area contributed by atoms with Gasteiger partial charge >= 0.3 is 0 Å². The van der Waals surface area contributed by atoms with Crippen LogP contribution in [0, 0.1) is 0 Å². The summed E-state index contributed by atoms with van der Waals surface area (Å²) in [5.74, 6) is 0. The molecule has 0 saturated heterocycles. The second kappa shape index (κ2) is 4.06. The molecule has 0 heterocycles. The summed E-state index contributed by atoms with van der Waals surface area (Å²) < 4.78 is 0. The van der Waals surface area contributed by atoms with E-state index in [1.54, 1.807) is 5.57 Å². The van der Waals surface area contributed by atoms with Gasteiger partial charge in [0.1, 0.15) is 0 Å². The van der Waals surface area contributed by atoms with Crippen LogP contribution in [0.25, 0.3) is 0 Å². The predicted molar refractivity (Wildman–Crippen MR) is 77.1 cm³/mol. The fraction of sp³-hybridized carbons (Fsp3) is 0.692. The maximum Gasteiger partial charge on any atom is 0.0561 e. The molecule has 0 fully saturated rings. The van der Waals surface area contributed by atoms with Crippen molar-refractivity contribution in [2.75, 3.05) is 0 Å². The molecular weight excluding hydrogens is 212 g/mol. The zero-order valence-electron chi connectivity index (χ0n) is 11.4. The van der Waals surface area contributed by atoms with E-state index in [2.05, 4.69) is 64.4 Å². The molecule has 0 aliphatic heterocycles. The van der Waals surface area contributed by atoms with Crippen LogP contribution in [0.15, 0.2) is 23.8 Å². The van der Waals surface area contributed by atoms with Gasteiger partial charge in [-0.3, -0.25) is 0 Å². The fourth-order valence-electron chi connectivity index (χ4n) is 2.34. The molecular formula is C13H26Si2. The second-order valence-corrected chi connectivity index (χ2v) is 17.8. The molecule has 2 heteroatoms. The minimum Gasteiger partial charge on any atom is -0.0840 e. The first kappa shape index (κ1) is 13.0. The topological polar surface area (TPSA) is 0 Å². The van der Waals surface area contributed by atoms with Crippen molar-refractivity contribution < 1.29 is 0 Å². The standard InChI is InChI=1S/C13H26Si2/c1-11-10-12(14(2,3)4)8-9-13(11)15(5,6)7/h8-10,12-13H,1-7H3/t12-,13-/m1/s1. The molecule has 0 aromatic carbocycles. The molecule has 0 radical (unpaired) electrons. The van der Waals surface area contributed by atoms with Gasteiger partial charge < -0.3 is 0 Å². The summed E-state index contributed by atoms with van der Waals surface area (Å²) >= 11 is 0. The minimum absolute atomic E-state index is 0.755. The van der Waals surface area contributed by atoms with Crippen molar-refractivity contribution in [2.24, 2.45) is 0 Å². The Morgan fingerprint density at radius 2 is 1.40 bits per heavy atom.